The van der Waals surface area contributed by atoms with Crippen LogP contribution in [0.4, 0.5) is 17.1 Å². The molecule has 2 nitrogen and oxygen atoms in total. The zero-order chi connectivity index (χ0) is 43.8. The van der Waals surface area contributed by atoms with Gasteiger partial charge in [0.15, 0.2) is 0 Å². The molecule has 0 amide bonds. The maximum Gasteiger partial charge on any atom is 0.0546 e. The fourth-order valence-corrected chi connectivity index (χ4v) is 9.97. The van der Waals surface area contributed by atoms with Crippen molar-refractivity contribution in [3.8, 4) is 61.3 Å². The average molecular weight is 841 g/mol. The summed E-state index contributed by atoms with van der Waals surface area (Å²) in [6.07, 6.45) is 0. The Morgan fingerprint density at radius 3 is 1.38 bits per heavy atom. The molecule has 0 fully saturated rings. The molecule has 0 unspecified atom stereocenters. The molecule has 0 atom stereocenters. The molecule has 0 bridgehead atoms. The van der Waals surface area contributed by atoms with Crippen molar-refractivity contribution >= 4 is 49.6 Å². The molecular formula is C64H44N2. The summed E-state index contributed by atoms with van der Waals surface area (Å²) >= 11 is 0. The molecule has 66 heavy (non-hydrogen) atoms. The Balaban J connectivity index is 1.00. The maximum atomic E-state index is 2.44. The summed E-state index contributed by atoms with van der Waals surface area (Å²) in [7, 11) is 0. The first-order chi connectivity index (χ1) is 32.8. The van der Waals surface area contributed by atoms with Crippen LogP contribution in [-0.4, -0.2) is 4.57 Å². The van der Waals surface area contributed by atoms with Gasteiger partial charge in [-0.1, -0.05) is 212 Å². The number of anilines is 3. The van der Waals surface area contributed by atoms with E-state index in [9.17, 15) is 0 Å². The Bertz CT molecular complexity index is 3610. The van der Waals surface area contributed by atoms with Gasteiger partial charge in [0, 0.05) is 33.4 Å². The fourth-order valence-electron chi connectivity index (χ4n) is 9.97. The summed E-state index contributed by atoms with van der Waals surface area (Å²) in [5.74, 6) is 0. The highest BCUT2D eigenvalue weighted by molar-refractivity contribution is 6.10. The van der Waals surface area contributed by atoms with Crippen LogP contribution in [0.5, 0.6) is 0 Å². The van der Waals surface area contributed by atoms with E-state index in [0.29, 0.717) is 0 Å². The Morgan fingerprint density at radius 2 is 0.727 bits per heavy atom. The predicted octanol–water partition coefficient (Wildman–Crippen LogP) is 17.7. The smallest absolute Gasteiger partial charge is 0.0546 e. The van der Waals surface area contributed by atoms with Gasteiger partial charge in [0.1, 0.15) is 0 Å². The quantitative estimate of drug-likeness (QED) is 0.141. The van der Waals surface area contributed by atoms with Crippen molar-refractivity contribution in [3.05, 3.63) is 267 Å². The van der Waals surface area contributed by atoms with Crippen molar-refractivity contribution in [2.24, 2.45) is 0 Å². The topological polar surface area (TPSA) is 8.17 Å². The standard InChI is InChI=1S/C64H44N2/c1-4-18-45(19-5-1)51-25-16-26-54(44-51)65(53-41-36-50(37-42-53)63-55-27-11-10-22-47(55)38-43-57(63)46-20-6-2-7-21-46)52-39-34-48(35-40-52)56-30-17-33-62(64(56)49-23-8-3-9-24-49)66-60-31-14-12-28-58(60)59-29-13-15-32-61(59)66/h1-44H. The number of para-hydroxylation sites is 2. The van der Waals surface area contributed by atoms with Gasteiger partial charge in [0.2, 0.25) is 0 Å². The average Bonchev–Trinajstić information content (AvgIpc) is 3.74. The monoisotopic (exact) mass is 840 g/mol. The molecule has 0 aliphatic heterocycles. The molecule has 310 valence electrons. The molecule has 1 heterocycles. The molecule has 2 heteroatoms. The Labute approximate surface area is 385 Å². The first-order valence-corrected chi connectivity index (χ1v) is 22.7. The van der Waals surface area contributed by atoms with Crippen LogP contribution in [0.1, 0.15) is 0 Å². The lowest BCUT2D eigenvalue weighted by molar-refractivity contribution is 1.18. The number of benzene rings is 11. The number of nitrogens with zero attached hydrogens (tertiary/aromatic N) is 2. The largest absolute Gasteiger partial charge is 0.310 e. The molecule has 12 rings (SSSR count). The molecular weight excluding hydrogens is 797 g/mol. The minimum Gasteiger partial charge on any atom is -0.310 e. The highest BCUT2D eigenvalue weighted by Crippen LogP contribution is 2.44. The molecule has 0 aliphatic carbocycles. The van der Waals surface area contributed by atoms with Crippen molar-refractivity contribution in [3.63, 3.8) is 0 Å². The molecule has 11 aromatic carbocycles. The van der Waals surface area contributed by atoms with E-state index in [2.05, 4.69) is 276 Å². The summed E-state index contributed by atoms with van der Waals surface area (Å²) in [6, 6.07) is 96.8. The van der Waals surface area contributed by atoms with Crippen LogP contribution in [-0.2, 0) is 0 Å². The summed E-state index contributed by atoms with van der Waals surface area (Å²) in [5.41, 5.74) is 18.7. The van der Waals surface area contributed by atoms with E-state index in [1.54, 1.807) is 0 Å². The summed E-state index contributed by atoms with van der Waals surface area (Å²) in [6.45, 7) is 0. The van der Waals surface area contributed by atoms with Gasteiger partial charge in [-0.25, -0.2) is 0 Å². The Morgan fingerprint density at radius 1 is 0.258 bits per heavy atom. The summed E-state index contributed by atoms with van der Waals surface area (Å²) < 4.78 is 2.44. The highest BCUT2D eigenvalue weighted by Gasteiger charge is 2.21. The number of fused-ring (bicyclic) bond motifs is 4. The second-order valence-corrected chi connectivity index (χ2v) is 16.9. The second-order valence-electron chi connectivity index (χ2n) is 16.9. The van der Waals surface area contributed by atoms with Crippen molar-refractivity contribution in [1.29, 1.82) is 0 Å². The van der Waals surface area contributed by atoms with Crippen LogP contribution in [0, 0.1) is 0 Å². The number of aromatic nitrogens is 1. The van der Waals surface area contributed by atoms with E-state index in [1.807, 2.05) is 0 Å². The molecule has 0 saturated heterocycles. The third-order valence-corrected chi connectivity index (χ3v) is 13.0. The van der Waals surface area contributed by atoms with Crippen LogP contribution in [0.3, 0.4) is 0 Å². The van der Waals surface area contributed by atoms with E-state index in [0.717, 1.165) is 28.3 Å². The number of rotatable bonds is 9. The van der Waals surface area contributed by atoms with Gasteiger partial charge in [0.25, 0.3) is 0 Å². The van der Waals surface area contributed by atoms with E-state index in [-0.39, 0.29) is 0 Å². The van der Waals surface area contributed by atoms with E-state index in [4.69, 9.17) is 0 Å². The van der Waals surface area contributed by atoms with Gasteiger partial charge in [-0.3, -0.25) is 0 Å². The molecule has 0 aliphatic rings. The summed E-state index contributed by atoms with van der Waals surface area (Å²) in [5, 5.41) is 4.97. The SMILES string of the molecule is c1ccc(-c2cccc(N(c3ccc(-c4cccc(-n5c6ccccc6c6ccccc65)c4-c4ccccc4)cc3)c3ccc(-c4c(-c5ccccc5)ccc5ccccc45)cc3)c2)cc1. The minimum atomic E-state index is 1.08. The van der Waals surface area contributed by atoms with Gasteiger partial charge >= 0.3 is 0 Å². The van der Waals surface area contributed by atoms with Crippen LogP contribution < -0.4 is 4.90 Å². The minimum absolute atomic E-state index is 1.08. The van der Waals surface area contributed by atoms with Crippen molar-refractivity contribution in [1.82, 2.24) is 4.57 Å². The molecule has 0 radical (unpaired) electrons. The maximum absolute atomic E-state index is 2.44. The normalized spacial score (nSPS) is 11.3. The lowest BCUT2D eigenvalue weighted by Crippen LogP contribution is -2.10. The first-order valence-electron chi connectivity index (χ1n) is 22.7. The Hall–Kier alpha value is -8.72. The fraction of sp³-hybridized carbons (Fsp3) is 0. The lowest BCUT2D eigenvalue weighted by Gasteiger charge is -2.27. The molecule has 0 spiro atoms. The third kappa shape index (κ3) is 6.93. The predicted molar refractivity (Wildman–Crippen MR) is 280 cm³/mol. The lowest BCUT2D eigenvalue weighted by atomic mass is 9.89. The second kappa shape index (κ2) is 16.8. The molecule has 0 saturated carbocycles. The van der Waals surface area contributed by atoms with E-state index >= 15 is 0 Å². The zero-order valence-electron chi connectivity index (χ0n) is 36.3. The Kier molecular flexibility index (Phi) is 9.89. The van der Waals surface area contributed by atoms with Crippen molar-refractivity contribution < 1.29 is 0 Å². The summed E-state index contributed by atoms with van der Waals surface area (Å²) in [4.78, 5) is 2.38. The highest BCUT2D eigenvalue weighted by atomic mass is 15.1. The van der Waals surface area contributed by atoms with Gasteiger partial charge in [-0.05, 0) is 115 Å². The van der Waals surface area contributed by atoms with Crippen molar-refractivity contribution in [2.75, 3.05) is 4.90 Å². The van der Waals surface area contributed by atoms with Crippen LogP contribution in [0.25, 0.3) is 93.9 Å². The van der Waals surface area contributed by atoms with Crippen LogP contribution in [0.2, 0.25) is 0 Å². The van der Waals surface area contributed by atoms with Crippen molar-refractivity contribution in [2.45, 2.75) is 0 Å². The van der Waals surface area contributed by atoms with Crippen LogP contribution >= 0.6 is 0 Å². The van der Waals surface area contributed by atoms with Gasteiger partial charge < -0.3 is 9.47 Å². The molecule has 12 aromatic rings. The van der Waals surface area contributed by atoms with E-state index < -0.39 is 0 Å². The molecule has 1 aromatic heterocycles. The number of hydrogen-bond acceptors (Lipinski definition) is 1. The zero-order valence-corrected chi connectivity index (χ0v) is 36.3. The number of hydrogen-bond donors (Lipinski definition) is 0. The van der Waals surface area contributed by atoms with Gasteiger partial charge in [0.05, 0.1) is 16.7 Å². The third-order valence-electron chi connectivity index (χ3n) is 13.0. The van der Waals surface area contributed by atoms with Gasteiger partial charge in [-0.2, -0.15) is 0 Å². The molecule has 0 N–H and O–H groups in total. The first kappa shape index (κ1) is 38.9. The van der Waals surface area contributed by atoms with Gasteiger partial charge in [-0.15, -0.1) is 0 Å². The van der Waals surface area contributed by atoms with Crippen LogP contribution in [0.15, 0.2) is 267 Å². The van der Waals surface area contributed by atoms with E-state index in [1.165, 1.54) is 82.6 Å².